The van der Waals surface area contributed by atoms with Gasteiger partial charge >= 0.3 is 11.9 Å². The SMILES string of the molecule is C[C@H](NC(=O)CCCCCCCCCCCCC(=O)N[C@@H](C)C(=O)O)C(=O)O. The Morgan fingerprint density at radius 3 is 1.07 bits per heavy atom. The largest absolute Gasteiger partial charge is 0.480 e. The van der Waals surface area contributed by atoms with Crippen molar-refractivity contribution in [3.63, 3.8) is 0 Å². The van der Waals surface area contributed by atoms with Gasteiger partial charge < -0.3 is 20.8 Å². The second-order valence-corrected chi connectivity index (χ2v) is 7.29. The number of nitrogens with one attached hydrogen (secondary N) is 2. The van der Waals surface area contributed by atoms with Crippen molar-refractivity contribution in [2.45, 2.75) is 103 Å². The number of hydrogen-bond donors (Lipinski definition) is 4. The van der Waals surface area contributed by atoms with Crippen LogP contribution in [0, 0.1) is 0 Å². The molecule has 0 saturated carbocycles. The molecule has 28 heavy (non-hydrogen) atoms. The molecule has 0 heterocycles. The van der Waals surface area contributed by atoms with Crippen LogP contribution in [0.5, 0.6) is 0 Å². The molecule has 0 aliphatic heterocycles. The lowest BCUT2D eigenvalue weighted by molar-refractivity contribution is -0.141. The number of carboxylic acid groups (broad SMARTS) is 2. The van der Waals surface area contributed by atoms with Gasteiger partial charge in [0.25, 0.3) is 0 Å². The summed E-state index contributed by atoms with van der Waals surface area (Å²) < 4.78 is 0. The van der Waals surface area contributed by atoms with Crippen LogP contribution >= 0.6 is 0 Å². The molecular weight excluding hydrogens is 364 g/mol. The van der Waals surface area contributed by atoms with Crippen molar-refractivity contribution < 1.29 is 29.4 Å². The Morgan fingerprint density at radius 1 is 0.571 bits per heavy atom. The molecule has 8 nitrogen and oxygen atoms in total. The highest BCUT2D eigenvalue weighted by atomic mass is 16.4. The van der Waals surface area contributed by atoms with Crippen LogP contribution in [-0.2, 0) is 19.2 Å². The highest BCUT2D eigenvalue weighted by Gasteiger charge is 2.13. The molecule has 2 atom stereocenters. The van der Waals surface area contributed by atoms with Gasteiger partial charge in [0.15, 0.2) is 0 Å². The van der Waals surface area contributed by atoms with Crippen LogP contribution in [0.3, 0.4) is 0 Å². The van der Waals surface area contributed by atoms with E-state index in [2.05, 4.69) is 10.6 Å². The molecule has 0 aromatic heterocycles. The molecule has 0 saturated heterocycles. The molecule has 0 unspecified atom stereocenters. The number of carboxylic acids is 2. The lowest BCUT2D eigenvalue weighted by Crippen LogP contribution is -2.38. The maximum absolute atomic E-state index is 11.5. The van der Waals surface area contributed by atoms with E-state index in [0.717, 1.165) is 64.2 Å². The Morgan fingerprint density at radius 2 is 0.821 bits per heavy atom. The quantitative estimate of drug-likeness (QED) is 0.278. The Kier molecular flexibility index (Phi) is 14.7. The number of hydrogen-bond acceptors (Lipinski definition) is 4. The molecule has 0 radical (unpaired) electrons. The Labute approximate surface area is 167 Å². The van der Waals surface area contributed by atoms with Gasteiger partial charge in [0.1, 0.15) is 12.1 Å². The number of unbranched alkanes of at least 4 members (excludes halogenated alkanes) is 9. The van der Waals surface area contributed by atoms with E-state index >= 15 is 0 Å². The Hall–Kier alpha value is -2.12. The van der Waals surface area contributed by atoms with Crippen LogP contribution in [0.4, 0.5) is 0 Å². The highest BCUT2D eigenvalue weighted by Crippen LogP contribution is 2.12. The van der Waals surface area contributed by atoms with Gasteiger partial charge in [0.05, 0.1) is 0 Å². The average Bonchev–Trinajstić information content (AvgIpc) is 2.62. The van der Waals surface area contributed by atoms with Crippen LogP contribution in [0.2, 0.25) is 0 Å². The van der Waals surface area contributed by atoms with E-state index < -0.39 is 24.0 Å². The van der Waals surface area contributed by atoms with E-state index in [0.29, 0.717) is 12.8 Å². The zero-order chi connectivity index (χ0) is 21.4. The highest BCUT2D eigenvalue weighted by molar-refractivity contribution is 5.83. The van der Waals surface area contributed by atoms with Gasteiger partial charge in [0, 0.05) is 12.8 Å². The number of carbonyl (C=O) groups is 4. The zero-order valence-corrected chi connectivity index (χ0v) is 17.2. The summed E-state index contributed by atoms with van der Waals surface area (Å²) in [5, 5.41) is 22.3. The summed E-state index contributed by atoms with van der Waals surface area (Å²) in [5.41, 5.74) is 0. The molecule has 0 aromatic rings. The first-order chi connectivity index (χ1) is 13.2. The minimum absolute atomic E-state index is 0.207. The zero-order valence-electron chi connectivity index (χ0n) is 17.2. The summed E-state index contributed by atoms with van der Waals surface area (Å²) in [7, 11) is 0. The predicted octanol–water partition coefficient (Wildman–Crippen LogP) is 2.85. The molecule has 0 aliphatic rings. The second-order valence-electron chi connectivity index (χ2n) is 7.29. The first-order valence-corrected chi connectivity index (χ1v) is 10.3. The minimum Gasteiger partial charge on any atom is -0.480 e. The molecule has 162 valence electrons. The third kappa shape index (κ3) is 15.0. The third-order valence-corrected chi connectivity index (χ3v) is 4.55. The van der Waals surface area contributed by atoms with Gasteiger partial charge in [-0.3, -0.25) is 19.2 Å². The maximum Gasteiger partial charge on any atom is 0.325 e. The molecule has 8 heteroatoms. The van der Waals surface area contributed by atoms with Gasteiger partial charge in [-0.05, 0) is 26.7 Å². The van der Waals surface area contributed by atoms with E-state index in [4.69, 9.17) is 10.2 Å². The monoisotopic (exact) mass is 400 g/mol. The first-order valence-electron chi connectivity index (χ1n) is 10.3. The third-order valence-electron chi connectivity index (χ3n) is 4.55. The van der Waals surface area contributed by atoms with Crippen LogP contribution in [-0.4, -0.2) is 46.0 Å². The first kappa shape index (κ1) is 25.9. The fourth-order valence-electron chi connectivity index (χ4n) is 2.74. The molecule has 2 amide bonds. The van der Waals surface area contributed by atoms with Gasteiger partial charge in [-0.2, -0.15) is 0 Å². The van der Waals surface area contributed by atoms with Crippen molar-refractivity contribution in [3.8, 4) is 0 Å². The van der Waals surface area contributed by atoms with Gasteiger partial charge in [-0.1, -0.05) is 51.4 Å². The molecule has 0 fully saturated rings. The van der Waals surface area contributed by atoms with Crippen molar-refractivity contribution in [3.05, 3.63) is 0 Å². The lowest BCUT2D eigenvalue weighted by atomic mass is 10.0. The minimum atomic E-state index is -1.02. The Balaban J connectivity index is 3.38. The van der Waals surface area contributed by atoms with Crippen LogP contribution in [0.15, 0.2) is 0 Å². The molecule has 0 bridgehead atoms. The van der Waals surface area contributed by atoms with Crippen molar-refractivity contribution in [1.29, 1.82) is 0 Å². The molecule has 0 aromatic carbocycles. The standard InChI is InChI=1S/C20H36N2O6/c1-15(19(25)26)21-17(23)13-11-9-7-5-3-4-6-8-10-12-14-18(24)22-16(2)20(27)28/h15-16H,3-14H2,1-2H3,(H,21,23)(H,22,24)(H,25,26)(H,27,28)/t15-,16-/m0/s1. The molecule has 0 aliphatic carbocycles. The lowest BCUT2D eigenvalue weighted by Gasteiger charge is -2.09. The summed E-state index contributed by atoms with van der Waals surface area (Å²) >= 11 is 0. The molecule has 0 rings (SSSR count). The van der Waals surface area contributed by atoms with E-state index in [1.807, 2.05) is 0 Å². The summed E-state index contributed by atoms with van der Waals surface area (Å²) in [6.07, 6.45) is 10.9. The van der Waals surface area contributed by atoms with Crippen molar-refractivity contribution in [1.82, 2.24) is 10.6 Å². The maximum atomic E-state index is 11.5. The van der Waals surface area contributed by atoms with E-state index in [9.17, 15) is 19.2 Å². The van der Waals surface area contributed by atoms with E-state index in [1.165, 1.54) is 13.8 Å². The molecule has 4 N–H and O–H groups in total. The number of rotatable bonds is 17. The molecule has 0 spiro atoms. The number of aliphatic carboxylic acids is 2. The van der Waals surface area contributed by atoms with Crippen LogP contribution in [0.25, 0.3) is 0 Å². The van der Waals surface area contributed by atoms with Crippen LogP contribution in [0.1, 0.15) is 90.9 Å². The fraction of sp³-hybridized carbons (Fsp3) is 0.800. The Bertz CT molecular complexity index is 451. The predicted molar refractivity (Wildman–Crippen MR) is 106 cm³/mol. The number of carbonyl (C=O) groups excluding carboxylic acids is 2. The second kappa shape index (κ2) is 15.9. The average molecular weight is 401 g/mol. The van der Waals surface area contributed by atoms with Gasteiger partial charge in [-0.15, -0.1) is 0 Å². The smallest absolute Gasteiger partial charge is 0.325 e. The summed E-state index contributed by atoms with van der Waals surface area (Å²) in [4.78, 5) is 44.3. The van der Waals surface area contributed by atoms with Crippen molar-refractivity contribution in [2.75, 3.05) is 0 Å². The van der Waals surface area contributed by atoms with E-state index in [-0.39, 0.29) is 11.8 Å². The summed E-state index contributed by atoms with van der Waals surface area (Å²) in [6.45, 7) is 2.91. The van der Waals surface area contributed by atoms with Crippen molar-refractivity contribution >= 4 is 23.8 Å². The topological polar surface area (TPSA) is 133 Å². The summed E-state index contributed by atoms with van der Waals surface area (Å²) in [5.74, 6) is -2.46. The molecular formula is C20H36N2O6. The van der Waals surface area contributed by atoms with E-state index in [1.54, 1.807) is 0 Å². The fourth-order valence-corrected chi connectivity index (χ4v) is 2.74. The normalized spacial score (nSPS) is 12.8. The van der Waals surface area contributed by atoms with Crippen LogP contribution < -0.4 is 10.6 Å². The van der Waals surface area contributed by atoms with Gasteiger partial charge in [0.2, 0.25) is 11.8 Å². The van der Waals surface area contributed by atoms with Crippen molar-refractivity contribution in [2.24, 2.45) is 0 Å². The number of amides is 2. The van der Waals surface area contributed by atoms with Gasteiger partial charge in [-0.25, -0.2) is 0 Å². The summed E-state index contributed by atoms with van der Waals surface area (Å²) in [6, 6.07) is -1.68.